The fourth-order valence-electron chi connectivity index (χ4n) is 3.79. The molecule has 1 saturated heterocycles. The number of hydrogen-bond donors (Lipinski definition) is 0. The number of rotatable bonds is 5. The van der Waals surface area contributed by atoms with Crippen molar-refractivity contribution in [2.24, 2.45) is 0 Å². The van der Waals surface area contributed by atoms with Crippen molar-refractivity contribution >= 4 is 11.5 Å². The lowest BCUT2D eigenvalue weighted by Crippen LogP contribution is -2.46. The average molecular weight is 431 g/mol. The molecular weight excluding hydrogens is 409 g/mol. The van der Waals surface area contributed by atoms with Gasteiger partial charge in [-0.3, -0.25) is 0 Å². The van der Waals surface area contributed by atoms with E-state index < -0.39 is 0 Å². The highest BCUT2D eigenvalue weighted by Crippen LogP contribution is 2.26. The number of nitrogens with zero attached hydrogens (tertiary/aromatic N) is 5. The van der Waals surface area contributed by atoms with Crippen molar-refractivity contribution < 1.29 is 13.7 Å². The van der Waals surface area contributed by atoms with Gasteiger partial charge in [0.25, 0.3) is 5.89 Å². The number of pyridine rings is 1. The first-order chi connectivity index (χ1) is 15.7. The summed E-state index contributed by atoms with van der Waals surface area (Å²) in [5, 5.41) is 3.96. The third-order valence-corrected chi connectivity index (χ3v) is 5.53. The van der Waals surface area contributed by atoms with Gasteiger partial charge in [-0.1, -0.05) is 23.4 Å². The summed E-state index contributed by atoms with van der Waals surface area (Å²) < 4.78 is 24.1. The first-order valence-corrected chi connectivity index (χ1v) is 10.4. The van der Waals surface area contributed by atoms with Crippen LogP contribution in [0.15, 0.2) is 71.4 Å². The zero-order chi connectivity index (χ0) is 21.9. The number of piperazine rings is 1. The van der Waals surface area contributed by atoms with Crippen molar-refractivity contribution in [3.8, 4) is 28.6 Å². The predicted molar refractivity (Wildman–Crippen MR) is 120 cm³/mol. The number of benzene rings is 2. The van der Waals surface area contributed by atoms with Crippen molar-refractivity contribution in [2.45, 2.75) is 0 Å². The maximum absolute atomic E-state index is 13.4. The average Bonchev–Trinajstić information content (AvgIpc) is 3.35. The Bertz CT molecular complexity index is 1200. The number of anilines is 2. The van der Waals surface area contributed by atoms with Crippen LogP contribution in [-0.2, 0) is 0 Å². The zero-order valence-corrected chi connectivity index (χ0v) is 17.6. The first-order valence-electron chi connectivity index (χ1n) is 10.4. The first kappa shape index (κ1) is 20.0. The second kappa shape index (κ2) is 8.66. The molecule has 162 valence electrons. The molecule has 7 nitrogen and oxygen atoms in total. The van der Waals surface area contributed by atoms with Gasteiger partial charge in [0.15, 0.2) is 0 Å². The van der Waals surface area contributed by atoms with Crippen LogP contribution in [0.4, 0.5) is 15.9 Å². The van der Waals surface area contributed by atoms with Crippen LogP contribution in [0.3, 0.4) is 0 Å². The lowest BCUT2D eigenvalue weighted by atomic mass is 10.2. The molecule has 0 N–H and O–H groups in total. The van der Waals surface area contributed by atoms with E-state index in [1.807, 2.05) is 24.3 Å². The van der Waals surface area contributed by atoms with Gasteiger partial charge in [-0.25, -0.2) is 9.37 Å². The quantitative estimate of drug-likeness (QED) is 0.467. The van der Waals surface area contributed by atoms with E-state index in [2.05, 4.69) is 37.1 Å². The topological polar surface area (TPSA) is 67.5 Å². The van der Waals surface area contributed by atoms with Gasteiger partial charge in [0, 0.05) is 49.7 Å². The van der Waals surface area contributed by atoms with Gasteiger partial charge in [0.05, 0.1) is 12.7 Å². The highest BCUT2D eigenvalue weighted by Gasteiger charge is 2.19. The summed E-state index contributed by atoms with van der Waals surface area (Å²) in [5.41, 5.74) is 2.45. The molecule has 0 unspecified atom stereocenters. The molecule has 3 heterocycles. The predicted octanol–water partition coefficient (Wildman–Crippen LogP) is 4.27. The maximum atomic E-state index is 13.4. The summed E-state index contributed by atoms with van der Waals surface area (Å²) in [6, 6.07) is 18.1. The van der Waals surface area contributed by atoms with Crippen LogP contribution in [0.2, 0.25) is 0 Å². The van der Waals surface area contributed by atoms with Crippen molar-refractivity contribution in [1.29, 1.82) is 0 Å². The minimum absolute atomic E-state index is 0.341. The van der Waals surface area contributed by atoms with E-state index in [0.29, 0.717) is 17.3 Å². The smallest absolute Gasteiger partial charge is 0.259 e. The molecule has 2 aromatic carbocycles. The van der Waals surface area contributed by atoms with Crippen LogP contribution in [0.25, 0.3) is 22.8 Å². The van der Waals surface area contributed by atoms with Gasteiger partial charge in [-0.05, 0) is 36.4 Å². The molecule has 0 aliphatic carbocycles. The van der Waals surface area contributed by atoms with Crippen molar-refractivity contribution in [2.75, 3.05) is 43.1 Å². The summed E-state index contributed by atoms with van der Waals surface area (Å²) in [6.07, 6.45) is 1.73. The van der Waals surface area contributed by atoms with E-state index in [4.69, 9.17) is 9.26 Å². The maximum Gasteiger partial charge on any atom is 0.259 e. The van der Waals surface area contributed by atoms with Gasteiger partial charge in [0.2, 0.25) is 5.82 Å². The highest BCUT2D eigenvalue weighted by atomic mass is 19.1. The Hall–Kier alpha value is -3.94. The number of ether oxygens (including phenoxy) is 1. The monoisotopic (exact) mass is 431 g/mol. The van der Waals surface area contributed by atoms with E-state index in [0.717, 1.165) is 49.0 Å². The Morgan fingerprint density at radius 3 is 2.47 bits per heavy atom. The Kier molecular flexibility index (Phi) is 5.41. The molecule has 1 fully saturated rings. The fraction of sp³-hybridized carbons (Fsp3) is 0.208. The molecule has 0 atom stereocenters. The minimum atomic E-state index is -0.341. The van der Waals surface area contributed by atoms with Crippen LogP contribution in [0, 0.1) is 5.82 Å². The fourth-order valence-corrected chi connectivity index (χ4v) is 3.79. The van der Waals surface area contributed by atoms with Gasteiger partial charge < -0.3 is 19.1 Å². The van der Waals surface area contributed by atoms with E-state index >= 15 is 0 Å². The summed E-state index contributed by atoms with van der Waals surface area (Å²) in [7, 11) is 1.68. The van der Waals surface area contributed by atoms with Crippen LogP contribution in [-0.4, -0.2) is 48.4 Å². The third kappa shape index (κ3) is 4.12. The lowest BCUT2D eigenvalue weighted by Gasteiger charge is -2.36. The van der Waals surface area contributed by atoms with Gasteiger partial charge >= 0.3 is 0 Å². The summed E-state index contributed by atoms with van der Waals surface area (Å²) in [5.74, 6) is 2.13. The standard InChI is InChI=1S/C24H22FN5O2/c1-31-21-7-3-6-20(15-21)29-10-12-30(13-11-29)22-9-8-18(16-26-22)24-27-23(28-32-24)17-4-2-5-19(25)14-17/h2-9,14-16H,10-13H2,1H3. The van der Waals surface area contributed by atoms with Crippen LogP contribution < -0.4 is 14.5 Å². The molecule has 5 rings (SSSR count). The normalized spacial score (nSPS) is 13.9. The number of hydrogen-bond acceptors (Lipinski definition) is 7. The number of aromatic nitrogens is 3. The SMILES string of the molecule is COc1cccc(N2CCN(c3ccc(-c4nc(-c5cccc(F)c5)no4)cn3)CC2)c1. The van der Waals surface area contributed by atoms with Crippen molar-refractivity contribution in [1.82, 2.24) is 15.1 Å². The zero-order valence-electron chi connectivity index (χ0n) is 17.6. The molecule has 4 aromatic rings. The lowest BCUT2D eigenvalue weighted by molar-refractivity contribution is 0.414. The molecule has 0 radical (unpaired) electrons. The Labute approximate surface area is 185 Å². The van der Waals surface area contributed by atoms with Crippen LogP contribution in [0.5, 0.6) is 5.75 Å². The van der Waals surface area contributed by atoms with Crippen LogP contribution >= 0.6 is 0 Å². The Balaban J connectivity index is 1.25. The number of methoxy groups -OCH3 is 1. The van der Waals surface area contributed by atoms with Gasteiger partial charge in [-0.15, -0.1) is 0 Å². The molecule has 0 spiro atoms. The Morgan fingerprint density at radius 1 is 0.906 bits per heavy atom. The molecule has 8 heteroatoms. The van der Waals surface area contributed by atoms with E-state index in [9.17, 15) is 4.39 Å². The van der Waals surface area contributed by atoms with Crippen molar-refractivity contribution in [3.63, 3.8) is 0 Å². The van der Waals surface area contributed by atoms with Crippen LogP contribution in [0.1, 0.15) is 0 Å². The minimum Gasteiger partial charge on any atom is -0.497 e. The summed E-state index contributed by atoms with van der Waals surface area (Å²) in [4.78, 5) is 13.6. The molecule has 1 aliphatic heterocycles. The number of halogens is 1. The van der Waals surface area contributed by atoms with Gasteiger partial charge in [0.1, 0.15) is 17.4 Å². The van der Waals surface area contributed by atoms with Gasteiger partial charge in [-0.2, -0.15) is 4.98 Å². The summed E-state index contributed by atoms with van der Waals surface area (Å²) in [6.45, 7) is 3.54. The van der Waals surface area contributed by atoms with E-state index in [1.54, 1.807) is 25.4 Å². The molecule has 2 aromatic heterocycles. The second-order valence-corrected chi connectivity index (χ2v) is 7.51. The van der Waals surface area contributed by atoms with E-state index in [-0.39, 0.29) is 5.82 Å². The summed E-state index contributed by atoms with van der Waals surface area (Å²) >= 11 is 0. The largest absolute Gasteiger partial charge is 0.497 e. The molecule has 32 heavy (non-hydrogen) atoms. The third-order valence-electron chi connectivity index (χ3n) is 5.53. The molecular formula is C24H22FN5O2. The Morgan fingerprint density at radius 2 is 1.72 bits per heavy atom. The second-order valence-electron chi connectivity index (χ2n) is 7.51. The molecule has 0 amide bonds. The van der Waals surface area contributed by atoms with E-state index in [1.165, 1.54) is 12.1 Å². The molecule has 1 aliphatic rings. The molecule has 0 bridgehead atoms. The van der Waals surface area contributed by atoms with Crippen molar-refractivity contribution in [3.05, 3.63) is 72.7 Å². The highest BCUT2D eigenvalue weighted by molar-refractivity contribution is 5.60. The molecule has 0 saturated carbocycles.